The number of hydrogen-bond donors (Lipinski definition) is 1. The Morgan fingerprint density at radius 1 is 1.07 bits per heavy atom. The van der Waals surface area contributed by atoms with Crippen LogP contribution in [0.5, 0.6) is 5.75 Å². The van der Waals surface area contributed by atoms with Gasteiger partial charge in [0, 0.05) is 49.4 Å². The Morgan fingerprint density at radius 3 is 2.71 bits per heavy atom. The van der Waals surface area contributed by atoms with Gasteiger partial charge in [-0.05, 0) is 55.3 Å². The molecule has 0 amide bonds. The highest BCUT2D eigenvalue weighted by molar-refractivity contribution is 6.30. The van der Waals surface area contributed by atoms with Gasteiger partial charge < -0.3 is 15.0 Å². The van der Waals surface area contributed by atoms with Gasteiger partial charge in [-0.2, -0.15) is 0 Å². The summed E-state index contributed by atoms with van der Waals surface area (Å²) < 4.78 is 5.52. The molecule has 1 N–H and O–H groups in total. The van der Waals surface area contributed by atoms with Crippen LogP contribution in [0.15, 0.2) is 42.5 Å². The smallest absolute Gasteiger partial charge is 0.142 e. The van der Waals surface area contributed by atoms with Crippen molar-refractivity contribution in [3.05, 3.63) is 53.1 Å². The summed E-state index contributed by atoms with van der Waals surface area (Å²) in [5.41, 5.74) is 3.88. The van der Waals surface area contributed by atoms with E-state index in [4.69, 9.17) is 16.3 Å². The first-order chi connectivity index (χ1) is 13.7. The lowest BCUT2D eigenvalue weighted by atomic mass is 9.95. The third-order valence-corrected chi connectivity index (χ3v) is 6.30. The summed E-state index contributed by atoms with van der Waals surface area (Å²) in [6.07, 6.45) is 3.77. The number of benzene rings is 2. The zero-order valence-corrected chi connectivity index (χ0v) is 17.4. The number of methoxy groups -OCH3 is 1. The maximum Gasteiger partial charge on any atom is 0.142 e. The van der Waals surface area contributed by atoms with Crippen molar-refractivity contribution >= 4 is 23.0 Å². The van der Waals surface area contributed by atoms with Crippen LogP contribution in [0.3, 0.4) is 0 Å². The van der Waals surface area contributed by atoms with E-state index in [1.165, 1.54) is 42.7 Å². The van der Waals surface area contributed by atoms with Crippen molar-refractivity contribution in [1.29, 1.82) is 0 Å². The standard InChI is InChI=1S/C23H30ClN3O/c1-28-23-8-3-2-7-22(23)27-14-12-26(13-15-27)11-5-4-6-18-17-25-21-10-9-19(24)16-20(18)21/h2-3,7-10,16,18,25H,4-6,11-15,17H2,1H3. The topological polar surface area (TPSA) is 27.7 Å². The third-order valence-electron chi connectivity index (χ3n) is 6.07. The summed E-state index contributed by atoms with van der Waals surface area (Å²) in [5.74, 6) is 1.58. The minimum absolute atomic E-state index is 0.607. The van der Waals surface area contributed by atoms with Crippen LogP contribution >= 0.6 is 11.6 Å². The van der Waals surface area contributed by atoms with Gasteiger partial charge in [-0.1, -0.05) is 30.2 Å². The molecule has 2 aromatic carbocycles. The molecule has 1 fully saturated rings. The number of unbranched alkanes of at least 4 members (excludes halogenated alkanes) is 1. The van der Waals surface area contributed by atoms with E-state index in [1.54, 1.807) is 7.11 Å². The Hall–Kier alpha value is -1.91. The molecule has 1 atom stereocenters. The van der Waals surface area contributed by atoms with Gasteiger partial charge in [0.05, 0.1) is 12.8 Å². The largest absolute Gasteiger partial charge is 0.495 e. The highest BCUT2D eigenvalue weighted by Gasteiger charge is 2.22. The fourth-order valence-electron chi connectivity index (χ4n) is 4.46. The molecule has 4 rings (SSSR count). The molecular weight excluding hydrogens is 370 g/mol. The first kappa shape index (κ1) is 19.4. The summed E-state index contributed by atoms with van der Waals surface area (Å²) in [6.45, 7) is 6.64. The molecule has 150 valence electrons. The predicted octanol–water partition coefficient (Wildman–Crippen LogP) is 4.85. The van der Waals surface area contributed by atoms with Crippen LogP contribution in [-0.2, 0) is 0 Å². The van der Waals surface area contributed by atoms with Crippen LogP contribution in [0, 0.1) is 0 Å². The number of hydrogen-bond acceptors (Lipinski definition) is 4. The molecule has 0 bridgehead atoms. The average Bonchev–Trinajstić information content (AvgIpc) is 3.13. The number of anilines is 2. The highest BCUT2D eigenvalue weighted by atomic mass is 35.5. The highest BCUT2D eigenvalue weighted by Crippen LogP contribution is 2.36. The normalized spacial score (nSPS) is 19.4. The molecule has 2 aliphatic rings. The number of nitrogens with one attached hydrogen (secondary N) is 1. The molecule has 2 aliphatic heterocycles. The third kappa shape index (κ3) is 4.39. The maximum atomic E-state index is 6.18. The molecule has 0 spiro atoms. The number of halogens is 1. The lowest BCUT2D eigenvalue weighted by Gasteiger charge is -2.36. The molecule has 4 nitrogen and oxygen atoms in total. The van der Waals surface area contributed by atoms with Crippen molar-refractivity contribution in [2.45, 2.75) is 25.2 Å². The van der Waals surface area contributed by atoms with Gasteiger partial charge in [-0.25, -0.2) is 0 Å². The number of nitrogens with zero attached hydrogens (tertiary/aromatic N) is 2. The fraction of sp³-hybridized carbons (Fsp3) is 0.478. The van der Waals surface area contributed by atoms with Crippen LogP contribution in [0.4, 0.5) is 11.4 Å². The molecule has 5 heteroatoms. The van der Waals surface area contributed by atoms with E-state index in [2.05, 4.69) is 39.4 Å². The van der Waals surface area contributed by atoms with Crippen LogP contribution in [-0.4, -0.2) is 51.3 Å². The fourth-order valence-corrected chi connectivity index (χ4v) is 4.64. The summed E-state index contributed by atoms with van der Waals surface area (Å²) in [7, 11) is 1.75. The molecule has 0 saturated carbocycles. The van der Waals surface area contributed by atoms with Gasteiger partial charge in [0.15, 0.2) is 0 Å². The summed E-state index contributed by atoms with van der Waals surface area (Å²) in [6, 6.07) is 14.6. The molecule has 0 radical (unpaired) electrons. The summed E-state index contributed by atoms with van der Waals surface area (Å²) in [5, 5.41) is 4.36. The first-order valence-corrected chi connectivity index (χ1v) is 10.8. The minimum Gasteiger partial charge on any atom is -0.495 e. The van der Waals surface area contributed by atoms with Gasteiger partial charge in [-0.15, -0.1) is 0 Å². The Morgan fingerprint density at radius 2 is 1.89 bits per heavy atom. The zero-order valence-electron chi connectivity index (χ0n) is 16.7. The number of ether oxygens (including phenoxy) is 1. The van der Waals surface area contributed by atoms with Gasteiger partial charge in [0.25, 0.3) is 0 Å². The monoisotopic (exact) mass is 399 g/mol. The molecule has 2 aromatic rings. The minimum atomic E-state index is 0.607. The van der Waals surface area contributed by atoms with Crippen molar-refractivity contribution < 1.29 is 4.74 Å². The van der Waals surface area contributed by atoms with E-state index in [-0.39, 0.29) is 0 Å². The second-order valence-corrected chi connectivity index (χ2v) is 8.24. The molecule has 1 unspecified atom stereocenters. The second kappa shape index (κ2) is 9.06. The Labute approximate surface area is 173 Å². The average molecular weight is 400 g/mol. The summed E-state index contributed by atoms with van der Waals surface area (Å²) in [4.78, 5) is 5.05. The Balaban J connectivity index is 1.19. The van der Waals surface area contributed by atoms with E-state index in [9.17, 15) is 0 Å². The van der Waals surface area contributed by atoms with E-state index >= 15 is 0 Å². The van der Waals surface area contributed by atoms with Gasteiger partial charge in [0.2, 0.25) is 0 Å². The lowest BCUT2D eigenvalue weighted by molar-refractivity contribution is 0.251. The molecule has 28 heavy (non-hydrogen) atoms. The molecule has 0 aliphatic carbocycles. The maximum absolute atomic E-state index is 6.18. The van der Waals surface area contributed by atoms with Crippen molar-refractivity contribution in [3.63, 3.8) is 0 Å². The van der Waals surface area contributed by atoms with Crippen LogP contribution < -0.4 is 15.0 Å². The van der Waals surface area contributed by atoms with Crippen molar-refractivity contribution in [2.24, 2.45) is 0 Å². The van der Waals surface area contributed by atoms with E-state index < -0.39 is 0 Å². The van der Waals surface area contributed by atoms with Crippen molar-refractivity contribution in [3.8, 4) is 5.75 Å². The van der Waals surface area contributed by atoms with E-state index in [0.717, 1.165) is 43.5 Å². The molecule has 1 saturated heterocycles. The number of piperazine rings is 1. The summed E-state index contributed by atoms with van der Waals surface area (Å²) >= 11 is 6.18. The molecular formula is C23H30ClN3O. The predicted molar refractivity (Wildman–Crippen MR) is 118 cm³/mol. The number of fused-ring (bicyclic) bond motifs is 1. The SMILES string of the molecule is COc1ccccc1N1CCN(CCCCC2CNc3ccc(Cl)cc32)CC1. The molecule has 2 heterocycles. The van der Waals surface area contributed by atoms with Crippen molar-refractivity contribution in [1.82, 2.24) is 4.90 Å². The Kier molecular flexibility index (Phi) is 6.28. The van der Waals surface area contributed by atoms with E-state index in [1.807, 2.05) is 18.2 Å². The second-order valence-electron chi connectivity index (χ2n) is 7.81. The van der Waals surface area contributed by atoms with Gasteiger partial charge >= 0.3 is 0 Å². The number of para-hydroxylation sites is 2. The van der Waals surface area contributed by atoms with Crippen LogP contribution in [0.2, 0.25) is 5.02 Å². The zero-order chi connectivity index (χ0) is 19.3. The lowest BCUT2D eigenvalue weighted by Crippen LogP contribution is -2.46. The Bertz CT molecular complexity index is 789. The number of rotatable bonds is 7. The van der Waals surface area contributed by atoms with Crippen molar-refractivity contribution in [2.75, 3.05) is 56.6 Å². The van der Waals surface area contributed by atoms with Gasteiger partial charge in [-0.3, -0.25) is 4.90 Å². The first-order valence-electron chi connectivity index (χ1n) is 10.4. The van der Waals surface area contributed by atoms with Crippen LogP contribution in [0.1, 0.15) is 30.7 Å². The quantitative estimate of drug-likeness (QED) is 0.673. The van der Waals surface area contributed by atoms with E-state index in [0.29, 0.717) is 5.92 Å². The molecule has 0 aromatic heterocycles. The van der Waals surface area contributed by atoms with Crippen LogP contribution in [0.25, 0.3) is 0 Å². The van der Waals surface area contributed by atoms with Gasteiger partial charge in [0.1, 0.15) is 5.75 Å².